The topological polar surface area (TPSA) is 28.5 Å². The Balaban J connectivity index is -0.0000000450. The molecule has 0 fully saturated rings. The van der Waals surface area contributed by atoms with Gasteiger partial charge in [-0.05, 0) is 0 Å². The average Bonchev–Trinajstić information content (AvgIpc) is 1.37. The molecule has 0 aromatic heterocycles. The quantitative estimate of drug-likeness (QED) is 0.388. The van der Waals surface area contributed by atoms with Gasteiger partial charge in [-0.2, -0.15) is 6.42 Å². The molecule has 0 unspecified atom stereocenters. The predicted molar refractivity (Wildman–Crippen MR) is 21.0 cm³/mol. The summed E-state index contributed by atoms with van der Waals surface area (Å²) in [4.78, 5) is 0. The first kappa shape index (κ1) is 16.0. The Morgan fingerprint density at radius 2 is 1.67 bits per heavy atom. The van der Waals surface area contributed by atoms with Crippen LogP contribution in [0.5, 0.6) is 0 Å². The zero-order valence-corrected chi connectivity index (χ0v) is 7.20. The third-order valence-corrected chi connectivity index (χ3v) is 0.354. The second-order valence-corrected chi connectivity index (χ2v) is 0.854. The van der Waals surface area contributed by atoms with Crippen molar-refractivity contribution in [1.82, 2.24) is 0 Å². The van der Waals surface area contributed by atoms with E-state index in [0.717, 1.165) is 6.42 Å². The van der Waals surface area contributed by atoms with E-state index < -0.39 is 0 Å². The molecule has 0 spiro atoms. The van der Waals surface area contributed by atoms with Gasteiger partial charge in [-0.1, -0.05) is 13.3 Å². The van der Waals surface area contributed by atoms with Crippen molar-refractivity contribution in [3.63, 3.8) is 0 Å². The Morgan fingerprint density at radius 1 is 1.50 bits per heavy atom. The molecule has 0 heterocycles. The van der Waals surface area contributed by atoms with E-state index in [-0.39, 0.29) is 25.0 Å². The molecule has 0 radical (unpaired) electrons. The maximum Gasteiger partial charge on any atom is 2.00 e. The minimum Gasteiger partial charge on any atom is -2.00 e. The van der Waals surface area contributed by atoms with E-state index >= 15 is 0 Å². The summed E-state index contributed by atoms with van der Waals surface area (Å²) in [6.07, 6.45) is 2.28. The van der Waals surface area contributed by atoms with Gasteiger partial charge in [0.25, 0.3) is 0 Å². The molecule has 0 aliphatic carbocycles. The number of unbranched alkanes of at least 4 members (excludes halogenated alkanes) is 1. The molecule has 1 nitrogen and oxygen atoms in total. The largest absolute Gasteiger partial charge is 2.00 e. The summed E-state index contributed by atoms with van der Waals surface area (Å²) in [6.45, 7) is 5.72. The summed E-state index contributed by atoms with van der Waals surface area (Å²) >= 11 is 0. The van der Waals surface area contributed by atoms with E-state index in [0.29, 0.717) is 0 Å². The smallest absolute Gasteiger partial charge is 2.00 e. The van der Waals surface area contributed by atoms with Crippen molar-refractivity contribution >= 4 is 0 Å². The van der Waals surface area contributed by atoms with Crippen LogP contribution in [0.4, 0.5) is 0 Å². The van der Waals surface area contributed by atoms with Gasteiger partial charge in [0.05, 0.1) is 0 Å². The fraction of sp³-hybridized carbons (Fsp3) is 0.750. The van der Waals surface area contributed by atoms with Crippen LogP contribution >= 0.6 is 0 Å². The van der Waals surface area contributed by atoms with Crippen molar-refractivity contribution < 1.29 is 25.0 Å². The van der Waals surface area contributed by atoms with E-state index in [4.69, 9.17) is 0 Å². The van der Waals surface area contributed by atoms with Gasteiger partial charge in [-0.25, -0.2) is 0 Å². The summed E-state index contributed by atoms with van der Waals surface area (Å²) in [7, 11) is 0. The van der Waals surface area contributed by atoms with Gasteiger partial charge in [0.15, 0.2) is 0 Å². The fourth-order valence-corrected chi connectivity index (χ4v) is 0. The summed E-state index contributed by atoms with van der Waals surface area (Å²) in [6, 6.07) is 0. The van der Waals surface area contributed by atoms with Crippen LogP contribution in [0.25, 0.3) is 0 Å². The van der Waals surface area contributed by atoms with Gasteiger partial charge < -0.3 is 12.4 Å². The van der Waals surface area contributed by atoms with Crippen LogP contribution in [0.1, 0.15) is 19.8 Å². The van der Waals surface area contributed by atoms with Crippen molar-refractivity contribution in [3.05, 3.63) is 6.92 Å². The van der Waals surface area contributed by atoms with E-state index in [1.165, 1.54) is 6.42 Å². The standard InChI is InChI=1S/C4H9.O.Zn/c1-3-4-2;;/h1,3-4H2,2H3;;/q-1;-2;+2. The number of hydrogen-bond acceptors (Lipinski definition) is 0. The molecule has 0 N–H and O–H groups in total. The normalized spacial score (nSPS) is 5.00. The van der Waals surface area contributed by atoms with Crippen LogP contribution in [0.2, 0.25) is 0 Å². The van der Waals surface area contributed by atoms with Gasteiger partial charge in [-0.3, -0.25) is 0 Å². The Bertz CT molecular complexity index is 9.51. The molecule has 34 valence electrons. The first-order valence-corrected chi connectivity index (χ1v) is 1.71. The minimum absolute atomic E-state index is 0. The van der Waals surface area contributed by atoms with E-state index in [1.807, 2.05) is 0 Å². The Kier molecular flexibility index (Phi) is 46.8. The molecule has 0 saturated heterocycles. The van der Waals surface area contributed by atoms with Crippen molar-refractivity contribution in [2.75, 3.05) is 0 Å². The Hall–Kier alpha value is 0.583. The van der Waals surface area contributed by atoms with Gasteiger partial charge in [0.2, 0.25) is 0 Å². The van der Waals surface area contributed by atoms with Gasteiger partial charge in [-0.15, -0.1) is 0 Å². The molecule has 0 saturated carbocycles. The second kappa shape index (κ2) is 17.6. The third-order valence-electron chi connectivity index (χ3n) is 0.354. The van der Waals surface area contributed by atoms with Crippen molar-refractivity contribution in [2.45, 2.75) is 19.8 Å². The predicted octanol–water partition coefficient (Wildman–Crippen LogP) is 1.50. The molecule has 0 atom stereocenters. The number of rotatable bonds is 1. The maximum atomic E-state index is 3.60. The monoisotopic (exact) mass is 137 g/mol. The van der Waals surface area contributed by atoms with E-state index in [1.54, 1.807) is 0 Å². The molecule has 2 heteroatoms. The summed E-state index contributed by atoms with van der Waals surface area (Å²) in [5.41, 5.74) is 0. The fourth-order valence-electron chi connectivity index (χ4n) is 0. The van der Waals surface area contributed by atoms with E-state index in [2.05, 4.69) is 13.8 Å². The van der Waals surface area contributed by atoms with Gasteiger partial charge in [0.1, 0.15) is 0 Å². The SMILES string of the molecule is [CH2-]CCC.[O-2].[Zn+2]. The second-order valence-electron chi connectivity index (χ2n) is 0.854. The third kappa shape index (κ3) is 23.5. The zero-order valence-electron chi connectivity index (χ0n) is 4.24. The molecule has 0 amide bonds. The Labute approximate surface area is 52.2 Å². The van der Waals surface area contributed by atoms with Crippen LogP contribution in [0.15, 0.2) is 0 Å². The van der Waals surface area contributed by atoms with Crippen LogP contribution < -0.4 is 0 Å². The average molecular weight is 139 g/mol. The molecule has 0 aliphatic heterocycles. The molecular formula is C4H9OZn-. The van der Waals surface area contributed by atoms with Gasteiger partial charge in [0, 0.05) is 0 Å². The van der Waals surface area contributed by atoms with Gasteiger partial charge >= 0.3 is 19.5 Å². The maximum absolute atomic E-state index is 3.60. The molecular weight excluding hydrogens is 129 g/mol. The Morgan fingerprint density at radius 3 is 1.67 bits per heavy atom. The van der Waals surface area contributed by atoms with Crippen molar-refractivity contribution in [2.24, 2.45) is 0 Å². The molecule has 0 rings (SSSR count). The molecule has 0 aromatic carbocycles. The molecule has 0 aromatic rings. The summed E-state index contributed by atoms with van der Waals surface area (Å²) in [5, 5.41) is 0. The first-order chi connectivity index (χ1) is 1.91. The molecule has 0 aliphatic rings. The number of hydrogen-bond donors (Lipinski definition) is 0. The van der Waals surface area contributed by atoms with Crippen molar-refractivity contribution in [1.29, 1.82) is 0 Å². The van der Waals surface area contributed by atoms with Crippen LogP contribution in [0.3, 0.4) is 0 Å². The van der Waals surface area contributed by atoms with Crippen molar-refractivity contribution in [3.8, 4) is 0 Å². The van der Waals surface area contributed by atoms with Crippen LogP contribution in [0, 0.1) is 6.92 Å². The first-order valence-electron chi connectivity index (χ1n) is 1.71. The molecule has 0 bridgehead atoms. The minimum atomic E-state index is 0. The summed E-state index contributed by atoms with van der Waals surface area (Å²) in [5.74, 6) is 0. The van der Waals surface area contributed by atoms with Crippen LogP contribution in [-0.4, -0.2) is 0 Å². The zero-order chi connectivity index (χ0) is 3.41. The van der Waals surface area contributed by atoms with E-state index in [9.17, 15) is 0 Å². The molecule has 6 heavy (non-hydrogen) atoms. The summed E-state index contributed by atoms with van der Waals surface area (Å²) < 4.78 is 0. The van der Waals surface area contributed by atoms with Crippen LogP contribution in [-0.2, 0) is 25.0 Å².